The maximum Gasteiger partial charge on any atom is 0.339 e. The molecule has 92 valence electrons. The van der Waals surface area contributed by atoms with Gasteiger partial charge in [-0.1, -0.05) is 0 Å². The summed E-state index contributed by atoms with van der Waals surface area (Å²) >= 11 is 0. The zero-order valence-corrected chi connectivity index (χ0v) is 9.52. The van der Waals surface area contributed by atoms with E-state index < -0.39 is 18.5 Å². The number of aryl methyl sites for hydroxylation is 1. The number of carbonyl (C=O) groups excluding carboxylic acids is 2. The third-order valence-electron chi connectivity index (χ3n) is 2.16. The van der Waals surface area contributed by atoms with Crippen LogP contribution in [-0.4, -0.2) is 28.6 Å². The van der Waals surface area contributed by atoms with Crippen molar-refractivity contribution in [2.24, 2.45) is 0 Å². The lowest BCUT2D eigenvalue weighted by atomic mass is 10.1. The van der Waals surface area contributed by atoms with Gasteiger partial charge in [-0.3, -0.25) is 4.98 Å². The molecule has 1 aromatic heterocycles. The Labute approximate surface area is 97.9 Å². The van der Waals surface area contributed by atoms with Crippen LogP contribution in [0.25, 0.3) is 0 Å². The lowest BCUT2D eigenvalue weighted by molar-refractivity contribution is -0.255. The predicted octanol–water partition coefficient (Wildman–Crippen LogP) is -0.577. The van der Waals surface area contributed by atoms with Crippen LogP contribution in [0, 0.1) is 6.92 Å². The minimum absolute atomic E-state index is 0.0319. The van der Waals surface area contributed by atoms with Crippen molar-refractivity contribution in [3.8, 4) is 0 Å². The monoisotopic (exact) mass is 238 g/mol. The second-order valence-electron chi connectivity index (χ2n) is 3.28. The minimum Gasteiger partial charge on any atom is -0.545 e. The molecular formula is C11H12NO5-. The summed E-state index contributed by atoms with van der Waals surface area (Å²) in [6.45, 7) is 2.82. The Hall–Kier alpha value is -1.95. The molecule has 0 fully saturated rings. The number of pyridine rings is 1. The average Bonchev–Trinajstić information content (AvgIpc) is 2.28. The average molecular weight is 238 g/mol. The molecule has 6 nitrogen and oxygen atoms in total. The molecular weight excluding hydrogens is 226 g/mol. The summed E-state index contributed by atoms with van der Waals surface area (Å²) in [5.41, 5.74) is 0.0254. The van der Waals surface area contributed by atoms with Crippen molar-refractivity contribution in [2.75, 3.05) is 6.61 Å². The molecule has 1 rings (SSSR count). The molecule has 0 saturated carbocycles. The maximum absolute atomic E-state index is 11.5. The number of esters is 1. The van der Waals surface area contributed by atoms with Gasteiger partial charge in [-0.2, -0.15) is 0 Å². The molecule has 0 unspecified atom stereocenters. The Morgan fingerprint density at radius 1 is 1.47 bits per heavy atom. The van der Waals surface area contributed by atoms with Gasteiger partial charge in [0.05, 0.1) is 36.1 Å². The van der Waals surface area contributed by atoms with E-state index in [0.717, 1.165) is 6.07 Å². The van der Waals surface area contributed by atoms with Gasteiger partial charge in [0.15, 0.2) is 0 Å². The van der Waals surface area contributed by atoms with Gasteiger partial charge in [-0.15, -0.1) is 0 Å². The normalized spacial score (nSPS) is 10.1. The molecule has 1 heterocycles. The first-order chi connectivity index (χ1) is 8.01. The third-order valence-corrected chi connectivity index (χ3v) is 2.16. The molecule has 0 aliphatic heterocycles. The summed E-state index contributed by atoms with van der Waals surface area (Å²) in [4.78, 5) is 26.2. The molecule has 0 atom stereocenters. The van der Waals surface area contributed by atoms with E-state index in [0.29, 0.717) is 5.69 Å². The number of aliphatic hydroxyl groups is 1. The number of ether oxygens (including phenoxy) is 1. The standard InChI is InChI=1S/C11H13NO5/c1-3-17-11(16)7-4-8(10(14)15)9(5-13)12-6(7)2/h4,13H,3,5H2,1-2H3,(H,14,15)/p-1. The molecule has 6 heteroatoms. The lowest BCUT2D eigenvalue weighted by Crippen LogP contribution is -2.25. The van der Waals surface area contributed by atoms with Gasteiger partial charge in [-0.05, 0) is 19.9 Å². The van der Waals surface area contributed by atoms with Crippen LogP contribution in [0.2, 0.25) is 0 Å². The number of carboxylic acid groups (broad SMARTS) is 1. The highest BCUT2D eigenvalue weighted by Crippen LogP contribution is 2.14. The smallest absolute Gasteiger partial charge is 0.339 e. The third kappa shape index (κ3) is 2.79. The van der Waals surface area contributed by atoms with Gasteiger partial charge in [-0.25, -0.2) is 4.79 Å². The highest BCUT2D eigenvalue weighted by Gasteiger charge is 2.15. The summed E-state index contributed by atoms with van der Waals surface area (Å²) in [5.74, 6) is -2.14. The Balaban J connectivity index is 3.29. The number of nitrogens with zero attached hydrogens (tertiary/aromatic N) is 1. The summed E-state index contributed by atoms with van der Waals surface area (Å²) < 4.78 is 4.76. The van der Waals surface area contributed by atoms with Gasteiger partial charge in [0.2, 0.25) is 0 Å². The van der Waals surface area contributed by atoms with E-state index in [2.05, 4.69) is 4.98 Å². The van der Waals surface area contributed by atoms with Crippen molar-refractivity contribution in [2.45, 2.75) is 20.5 Å². The number of aromatic nitrogens is 1. The summed E-state index contributed by atoms with van der Waals surface area (Å²) in [5, 5.41) is 19.8. The van der Waals surface area contributed by atoms with Crippen molar-refractivity contribution in [1.82, 2.24) is 4.98 Å². The Morgan fingerprint density at radius 3 is 2.59 bits per heavy atom. The maximum atomic E-state index is 11.5. The van der Waals surface area contributed by atoms with E-state index in [1.165, 1.54) is 6.92 Å². The van der Waals surface area contributed by atoms with E-state index >= 15 is 0 Å². The predicted molar refractivity (Wildman–Crippen MR) is 55.2 cm³/mol. The fraction of sp³-hybridized carbons (Fsp3) is 0.364. The molecule has 17 heavy (non-hydrogen) atoms. The van der Waals surface area contributed by atoms with Crippen molar-refractivity contribution in [3.63, 3.8) is 0 Å². The van der Waals surface area contributed by atoms with E-state index in [4.69, 9.17) is 9.84 Å². The largest absolute Gasteiger partial charge is 0.545 e. The Morgan fingerprint density at radius 2 is 2.12 bits per heavy atom. The van der Waals surface area contributed by atoms with Crippen molar-refractivity contribution >= 4 is 11.9 Å². The number of aromatic carboxylic acids is 1. The van der Waals surface area contributed by atoms with Crippen molar-refractivity contribution in [1.29, 1.82) is 0 Å². The Bertz CT molecular complexity index is 455. The van der Waals surface area contributed by atoms with E-state index in [1.807, 2.05) is 0 Å². The van der Waals surface area contributed by atoms with Gasteiger partial charge in [0.25, 0.3) is 0 Å². The Kier molecular flexibility index (Phi) is 4.17. The number of carboxylic acids is 1. The first-order valence-electron chi connectivity index (χ1n) is 5.01. The summed E-state index contributed by atoms with van der Waals surface area (Å²) in [7, 11) is 0. The van der Waals surface area contributed by atoms with Crippen molar-refractivity contribution in [3.05, 3.63) is 28.6 Å². The van der Waals surface area contributed by atoms with Crippen molar-refractivity contribution < 1.29 is 24.5 Å². The van der Waals surface area contributed by atoms with E-state index in [1.54, 1.807) is 6.92 Å². The first kappa shape index (κ1) is 13.1. The molecule has 0 spiro atoms. The molecule has 0 aliphatic rings. The molecule has 1 N–H and O–H groups in total. The molecule has 0 aromatic carbocycles. The van der Waals surface area contributed by atoms with Gasteiger partial charge in [0.1, 0.15) is 0 Å². The molecule has 1 aromatic rings. The van der Waals surface area contributed by atoms with Gasteiger partial charge >= 0.3 is 5.97 Å². The van der Waals surface area contributed by atoms with Gasteiger partial charge in [0, 0.05) is 5.56 Å². The van der Waals surface area contributed by atoms with Crippen LogP contribution in [0.5, 0.6) is 0 Å². The number of carbonyl (C=O) groups is 2. The van der Waals surface area contributed by atoms with E-state index in [9.17, 15) is 14.7 Å². The van der Waals surface area contributed by atoms with Crippen LogP contribution in [0.1, 0.15) is 39.0 Å². The first-order valence-corrected chi connectivity index (χ1v) is 5.01. The van der Waals surface area contributed by atoms with E-state index in [-0.39, 0.29) is 23.4 Å². The highest BCUT2D eigenvalue weighted by molar-refractivity contribution is 5.95. The van der Waals surface area contributed by atoms with Crippen LogP contribution in [0.15, 0.2) is 6.07 Å². The van der Waals surface area contributed by atoms with Crippen LogP contribution in [0.4, 0.5) is 0 Å². The summed E-state index contributed by atoms with van der Waals surface area (Å²) in [6.07, 6.45) is 0. The molecule has 0 aliphatic carbocycles. The van der Waals surface area contributed by atoms with Gasteiger partial charge < -0.3 is 19.7 Å². The lowest BCUT2D eigenvalue weighted by Gasteiger charge is -2.12. The zero-order valence-electron chi connectivity index (χ0n) is 9.52. The fourth-order valence-corrected chi connectivity index (χ4v) is 1.37. The highest BCUT2D eigenvalue weighted by atomic mass is 16.5. The number of hydrogen-bond donors (Lipinski definition) is 1. The molecule has 0 radical (unpaired) electrons. The molecule has 0 saturated heterocycles. The van der Waals surface area contributed by atoms with Crippen LogP contribution < -0.4 is 5.11 Å². The number of hydrogen-bond acceptors (Lipinski definition) is 6. The second kappa shape index (κ2) is 5.40. The molecule has 0 amide bonds. The van der Waals surface area contributed by atoms with Crippen LogP contribution in [-0.2, 0) is 11.3 Å². The van der Waals surface area contributed by atoms with Crippen LogP contribution >= 0.6 is 0 Å². The number of aliphatic hydroxyl groups excluding tert-OH is 1. The second-order valence-corrected chi connectivity index (χ2v) is 3.28. The zero-order chi connectivity index (χ0) is 13.0. The fourth-order valence-electron chi connectivity index (χ4n) is 1.37. The quantitative estimate of drug-likeness (QED) is 0.704. The minimum atomic E-state index is -1.49. The topological polar surface area (TPSA) is 99.6 Å². The number of rotatable bonds is 4. The molecule has 0 bridgehead atoms. The summed E-state index contributed by atoms with van der Waals surface area (Å²) in [6, 6.07) is 1.11. The SMILES string of the molecule is CCOC(=O)c1cc(C(=O)[O-])c(CO)nc1C. The van der Waals surface area contributed by atoms with Crippen LogP contribution in [0.3, 0.4) is 0 Å².